The maximum atomic E-state index is 12.6. The summed E-state index contributed by atoms with van der Waals surface area (Å²) >= 11 is 0. The van der Waals surface area contributed by atoms with Gasteiger partial charge in [-0.2, -0.15) is 0 Å². The number of hydrogen-bond acceptors (Lipinski definition) is 4. The van der Waals surface area contributed by atoms with Gasteiger partial charge in [-0.05, 0) is 36.6 Å². The number of fused-ring (bicyclic) bond motifs is 1. The predicted octanol–water partition coefficient (Wildman–Crippen LogP) is 4.36. The molecule has 136 valence electrons. The van der Waals surface area contributed by atoms with Crippen LogP contribution in [-0.2, 0) is 14.3 Å². The summed E-state index contributed by atoms with van der Waals surface area (Å²) in [4.78, 5) is 26.5. The first-order valence-electron chi connectivity index (χ1n) is 8.75. The first kappa shape index (κ1) is 18.0. The van der Waals surface area contributed by atoms with Crippen molar-refractivity contribution in [2.45, 2.75) is 32.2 Å². The predicted molar refractivity (Wildman–Crippen MR) is 99.2 cm³/mol. The fraction of sp³-hybridized carbons (Fsp3) is 0.333. The van der Waals surface area contributed by atoms with Crippen molar-refractivity contribution < 1.29 is 19.1 Å². The number of esters is 1. The van der Waals surface area contributed by atoms with E-state index >= 15 is 0 Å². The van der Waals surface area contributed by atoms with E-state index in [1.807, 2.05) is 55.5 Å². The maximum absolute atomic E-state index is 12.6. The molecule has 2 aromatic rings. The zero-order chi connectivity index (χ0) is 18.7. The standard InChI is InChI=1S/C21H23NO4/c1-4-26-19(23)13-17-16-11-7-8-12-18(16)22(21(24)25-3)20(17)15-10-6-5-9-14(15)2/h5-12,17,20H,4,13H2,1-3H3/t17-,20-/m1/s1. The van der Waals surface area contributed by atoms with Gasteiger partial charge in [0.1, 0.15) is 0 Å². The minimum Gasteiger partial charge on any atom is -0.466 e. The molecule has 1 amide bonds. The molecule has 0 aliphatic carbocycles. The van der Waals surface area contributed by atoms with Crippen LogP contribution in [0.2, 0.25) is 0 Å². The Balaban J connectivity index is 2.13. The molecule has 0 aromatic heterocycles. The number of methoxy groups -OCH3 is 1. The highest BCUT2D eigenvalue weighted by atomic mass is 16.5. The first-order chi connectivity index (χ1) is 12.6. The van der Waals surface area contributed by atoms with Crippen molar-refractivity contribution in [3.63, 3.8) is 0 Å². The molecule has 0 radical (unpaired) electrons. The van der Waals surface area contributed by atoms with Crippen molar-refractivity contribution in [2.24, 2.45) is 0 Å². The van der Waals surface area contributed by atoms with Crippen LogP contribution in [0.1, 0.15) is 42.0 Å². The van der Waals surface area contributed by atoms with E-state index in [9.17, 15) is 9.59 Å². The number of carbonyl (C=O) groups is 2. The van der Waals surface area contributed by atoms with Crippen LogP contribution in [0.5, 0.6) is 0 Å². The fourth-order valence-electron chi connectivity index (χ4n) is 3.73. The molecule has 0 saturated heterocycles. The van der Waals surface area contributed by atoms with Gasteiger partial charge in [-0.1, -0.05) is 42.5 Å². The van der Waals surface area contributed by atoms with Crippen molar-refractivity contribution in [3.05, 3.63) is 65.2 Å². The summed E-state index contributed by atoms with van der Waals surface area (Å²) in [6.45, 7) is 4.14. The van der Waals surface area contributed by atoms with Gasteiger partial charge in [0.05, 0.1) is 31.9 Å². The van der Waals surface area contributed by atoms with Gasteiger partial charge < -0.3 is 9.47 Å². The number of amides is 1. The van der Waals surface area contributed by atoms with Crippen LogP contribution in [-0.4, -0.2) is 25.8 Å². The van der Waals surface area contributed by atoms with E-state index in [4.69, 9.17) is 9.47 Å². The second-order valence-corrected chi connectivity index (χ2v) is 6.32. The van der Waals surface area contributed by atoms with Crippen molar-refractivity contribution in [1.82, 2.24) is 0 Å². The smallest absolute Gasteiger partial charge is 0.414 e. The van der Waals surface area contributed by atoms with E-state index in [2.05, 4.69) is 0 Å². The Morgan fingerprint density at radius 2 is 1.69 bits per heavy atom. The SMILES string of the molecule is CCOC(=O)C[C@@H]1c2ccccc2N(C(=O)OC)[C@@H]1c1ccccc1C. The van der Waals surface area contributed by atoms with Gasteiger partial charge in [-0.25, -0.2) is 4.79 Å². The van der Waals surface area contributed by atoms with Crippen molar-refractivity contribution in [2.75, 3.05) is 18.6 Å². The largest absolute Gasteiger partial charge is 0.466 e. The maximum Gasteiger partial charge on any atom is 0.414 e. The van der Waals surface area contributed by atoms with Gasteiger partial charge in [0.2, 0.25) is 0 Å². The molecular weight excluding hydrogens is 330 g/mol. The van der Waals surface area contributed by atoms with Crippen molar-refractivity contribution in [3.8, 4) is 0 Å². The summed E-state index contributed by atoms with van der Waals surface area (Å²) in [5.41, 5.74) is 3.80. The highest BCUT2D eigenvalue weighted by molar-refractivity contribution is 5.93. The molecule has 26 heavy (non-hydrogen) atoms. The molecule has 1 heterocycles. The zero-order valence-corrected chi connectivity index (χ0v) is 15.3. The molecule has 0 unspecified atom stereocenters. The lowest BCUT2D eigenvalue weighted by molar-refractivity contribution is -0.143. The highest BCUT2D eigenvalue weighted by Gasteiger charge is 2.44. The van der Waals surface area contributed by atoms with Gasteiger partial charge in [0, 0.05) is 5.92 Å². The number of ether oxygens (including phenoxy) is 2. The van der Waals surface area contributed by atoms with Crippen LogP contribution in [0.25, 0.3) is 0 Å². The number of nitrogens with zero attached hydrogens (tertiary/aromatic N) is 1. The Kier molecular flexibility index (Phi) is 5.26. The normalized spacial score (nSPS) is 18.3. The molecule has 0 saturated carbocycles. The van der Waals surface area contributed by atoms with Crippen LogP contribution in [0, 0.1) is 6.92 Å². The average molecular weight is 353 g/mol. The van der Waals surface area contributed by atoms with Gasteiger partial charge in [-0.3, -0.25) is 9.69 Å². The summed E-state index contributed by atoms with van der Waals surface area (Å²) in [5.74, 6) is -0.456. The molecule has 0 fully saturated rings. The summed E-state index contributed by atoms with van der Waals surface area (Å²) in [7, 11) is 1.37. The van der Waals surface area contributed by atoms with Gasteiger partial charge in [0.25, 0.3) is 0 Å². The van der Waals surface area contributed by atoms with Crippen LogP contribution < -0.4 is 4.90 Å². The summed E-state index contributed by atoms with van der Waals surface area (Å²) in [6.07, 6.45) is -0.228. The van der Waals surface area contributed by atoms with Crippen LogP contribution in [0.15, 0.2) is 48.5 Å². The molecular formula is C21H23NO4. The van der Waals surface area contributed by atoms with E-state index < -0.39 is 6.09 Å². The lowest BCUT2D eigenvalue weighted by atomic mass is 9.86. The number of carbonyl (C=O) groups excluding carboxylic acids is 2. The summed E-state index contributed by atoms with van der Waals surface area (Å²) in [5, 5.41) is 0. The Hall–Kier alpha value is -2.82. The van der Waals surface area contributed by atoms with E-state index in [1.54, 1.807) is 11.8 Å². The van der Waals surface area contributed by atoms with E-state index in [0.717, 1.165) is 22.4 Å². The number of benzene rings is 2. The fourth-order valence-corrected chi connectivity index (χ4v) is 3.73. The quantitative estimate of drug-likeness (QED) is 0.767. The van der Waals surface area contributed by atoms with Crippen LogP contribution in [0.3, 0.4) is 0 Å². The second kappa shape index (κ2) is 7.60. The van der Waals surface area contributed by atoms with Gasteiger partial charge in [-0.15, -0.1) is 0 Å². The minimum atomic E-state index is -0.433. The van der Waals surface area contributed by atoms with E-state index in [1.165, 1.54) is 7.11 Å². The third-order valence-corrected chi connectivity index (χ3v) is 4.83. The van der Waals surface area contributed by atoms with E-state index in [-0.39, 0.29) is 24.3 Å². The molecule has 3 rings (SSSR count). The van der Waals surface area contributed by atoms with Crippen molar-refractivity contribution >= 4 is 17.7 Å². The summed E-state index contributed by atoms with van der Waals surface area (Å²) in [6, 6.07) is 15.3. The molecule has 0 spiro atoms. The second-order valence-electron chi connectivity index (χ2n) is 6.32. The Bertz CT molecular complexity index is 817. The molecule has 2 atom stereocenters. The summed E-state index contributed by atoms with van der Waals surface area (Å²) < 4.78 is 10.2. The highest BCUT2D eigenvalue weighted by Crippen LogP contribution is 2.51. The molecule has 0 bridgehead atoms. The first-order valence-corrected chi connectivity index (χ1v) is 8.75. The van der Waals surface area contributed by atoms with Crippen LogP contribution >= 0.6 is 0 Å². The third kappa shape index (κ3) is 3.17. The molecule has 1 aliphatic heterocycles. The average Bonchev–Trinajstić information content (AvgIpc) is 2.96. The lowest BCUT2D eigenvalue weighted by Crippen LogP contribution is -2.34. The van der Waals surface area contributed by atoms with Crippen LogP contribution in [0.4, 0.5) is 10.5 Å². The van der Waals surface area contributed by atoms with Gasteiger partial charge >= 0.3 is 12.1 Å². The zero-order valence-electron chi connectivity index (χ0n) is 15.3. The number of rotatable bonds is 4. The van der Waals surface area contributed by atoms with Gasteiger partial charge in [0.15, 0.2) is 0 Å². The Morgan fingerprint density at radius 1 is 1.04 bits per heavy atom. The number of aryl methyl sites for hydroxylation is 1. The lowest BCUT2D eigenvalue weighted by Gasteiger charge is -2.29. The molecule has 2 aromatic carbocycles. The minimum absolute atomic E-state index is 0.189. The van der Waals surface area contributed by atoms with Crippen molar-refractivity contribution in [1.29, 1.82) is 0 Å². The Morgan fingerprint density at radius 3 is 2.35 bits per heavy atom. The Labute approximate surface area is 153 Å². The number of anilines is 1. The molecule has 5 nitrogen and oxygen atoms in total. The van der Waals surface area contributed by atoms with E-state index in [0.29, 0.717) is 6.61 Å². The molecule has 5 heteroatoms. The number of para-hydroxylation sites is 1. The molecule has 0 N–H and O–H groups in total. The topological polar surface area (TPSA) is 55.8 Å². The monoisotopic (exact) mass is 353 g/mol. The third-order valence-electron chi connectivity index (χ3n) is 4.83. The molecule has 1 aliphatic rings. The number of hydrogen-bond donors (Lipinski definition) is 0.